The topological polar surface area (TPSA) is 62.2 Å². The fraction of sp³-hybridized carbons (Fsp3) is 0.314. The molecule has 210 valence electrons. The molecule has 0 aliphatic carbocycles. The van der Waals surface area contributed by atoms with E-state index in [1.807, 2.05) is 91.0 Å². The highest BCUT2D eigenvalue weighted by atomic mass is 16.5. The predicted octanol–water partition coefficient (Wildman–Crippen LogP) is 6.02. The second-order valence-corrected chi connectivity index (χ2v) is 10.2. The van der Waals surface area contributed by atoms with Crippen LogP contribution < -0.4 is 4.74 Å². The zero-order valence-electron chi connectivity index (χ0n) is 23.3. The molecule has 0 amide bonds. The first-order valence-electron chi connectivity index (χ1n) is 14.1. The fourth-order valence-electron chi connectivity index (χ4n) is 4.79. The summed E-state index contributed by atoms with van der Waals surface area (Å²) in [7, 11) is 0. The monoisotopic (exact) mass is 539 g/mol. The van der Waals surface area contributed by atoms with Gasteiger partial charge in [-0.2, -0.15) is 0 Å². The average molecular weight is 540 g/mol. The molecule has 0 heterocycles. The van der Waals surface area contributed by atoms with Gasteiger partial charge in [0.15, 0.2) is 0 Å². The van der Waals surface area contributed by atoms with Crippen LogP contribution in [0.4, 0.5) is 0 Å². The average Bonchev–Trinajstić information content (AvgIpc) is 3.00. The Kier molecular flexibility index (Phi) is 11.8. The Morgan fingerprint density at radius 3 is 1.68 bits per heavy atom. The van der Waals surface area contributed by atoms with E-state index in [1.54, 1.807) is 0 Å². The molecule has 0 radical (unpaired) electrons. The maximum Gasteiger partial charge on any atom is 0.119 e. The van der Waals surface area contributed by atoms with Crippen LogP contribution in [0.3, 0.4) is 0 Å². The number of nitrogens with zero attached hydrogens (tertiary/aromatic N) is 1. The molecular weight excluding hydrogens is 498 g/mol. The first kappa shape index (κ1) is 29.5. The maximum atomic E-state index is 11.0. The van der Waals surface area contributed by atoms with Crippen molar-refractivity contribution in [1.82, 2.24) is 4.90 Å². The Balaban J connectivity index is 1.28. The lowest BCUT2D eigenvalue weighted by molar-refractivity contribution is 0.0480. The van der Waals surface area contributed by atoms with Crippen LogP contribution in [0.1, 0.15) is 41.4 Å². The van der Waals surface area contributed by atoms with E-state index in [0.29, 0.717) is 32.9 Å². The zero-order chi connectivity index (χ0) is 28.0. The molecule has 40 heavy (non-hydrogen) atoms. The number of rotatable bonds is 16. The summed E-state index contributed by atoms with van der Waals surface area (Å²) in [5.41, 5.74) is 4.20. The molecule has 5 heteroatoms. The molecule has 2 N–H and O–H groups in total. The number of aliphatic hydroxyl groups excluding tert-OH is 2. The zero-order valence-corrected chi connectivity index (χ0v) is 23.3. The normalized spacial score (nSPS) is 13.6. The summed E-state index contributed by atoms with van der Waals surface area (Å²) in [5, 5.41) is 21.9. The second kappa shape index (κ2) is 15.9. The summed E-state index contributed by atoms with van der Waals surface area (Å²) in [5.74, 6) is 0.818. The molecule has 4 aromatic carbocycles. The molecule has 0 aliphatic rings. The van der Waals surface area contributed by atoms with E-state index in [2.05, 4.69) is 36.1 Å². The molecule has 0 aliphatic heterocycles. The lowest BCUT2D eigenvalue weighted by atomic mass is 10.0. The van der Waals surface area contributed by atoms with Gasteiger partial charge in [0.1, 0.15) is 12.4 Å². The maximum absolute atomic E-state index is 11.0. The third-order valence-electron chi connectivity index (χ3n) is 7.14. The molecule has 0 spiro atoms. The summed E-state index contributed by atoms with van der Waals surface area (Å²) in [6, 6.07) is 38.0. The number of ether oxygens (including phenoxy) is 2. The number of benzene rings is 4. The molecule has 0 aromatic heterocycles. The Morgan fingerprint density at radius 2 is 1.12 bits per heavy atom. The minimum Gasteiger partial charge on any atom is -0.491 e. The SMILES string of the molecule is C[C@H](Cc1ccc(OCCOCCc2ccccc2)cc1)N(CC(O)c1ccccc1)CC(O)c1ccccc1. The fourth-order valence-corrected chi connectivity index (χ4v) is 4.79. The first-order valence-corrected chi connectivity index (χ1v) is 14.1. The quantitative estimate of drug-likeness (QED) is 0.170. The van der Waals surface area contributed by atoms with Crippen LogP contribution in [-0.4, -0.2) is 54.1 Å². The molecule has 5 nitrogen and oxygen atoms in total. The van der Waals surface area contributed by atoms with Crippen molar-refractivity contribution in [3.63, 3.8) is 0 Å². The van der Waals surface area contributed by atoms with Crippen molar-refractivity contribution in [2.45, 2.75) is 38.0 Å². The predicted molar refractivity (Wildman–Crippen MR) is 160 cm³/mol. The number of hydrogen-bond acceptors (Lipinski definition) is 5. The van der Waals surface area contributed by atoms with Gasteiger partial charge in [-0.25, -0.2) is 0 Å². The van der Waals surface area contributed by atoms with Gasteiger partial charge in [0.05, 0.1) is 25.4 Å². The summed E-state index contributed by atoms with van der Waals surface area (Å²) >= 11 is 0. The van der Waals surface area contributed by atoms with E-state index < -0.39 is 12.2 Å². The molecule has 4 aromatic rings. The van der Waals surface area contributed by atoms with Gasteiger partial charge in [-0.3, -0.25) is 4.90 Å². The van der Waals surface area contributed by atoms with Crippen molar-refractivity contribution >= 4 is 0 Å². The number of aliphatic hydroxyl groups is 2. The lowest BCUT2D eigenvalue weighted by Gasteiger charge is -2.33. The summed E-state index contributed by atoms with van der Waals surface area (Å²) in [6.45, 7) is 4.74. The highest BCUT2D eigenvalue weighted by molar-refractivity contribution is 5.28. The molecular formula is C35H41NO4. The van der Waals surface area contributed by atoms with Crippen molar-refractivity contribution < 1.29 is 19.7 Å². The van der Waals surface area contributed by atoms with Gasteiger partial charge in [0, 0.05) is 19.1 Å². The van der Waals surface area contributed by atoms with Crippen LogP contribution in [-0.2, 0) is 17.6 Å². The molecule has 0 saturated carbocycles. The summed E-state index contributed by atoms with van der Waals surface area (Å²) < 4.78 is 11.6. The van der Waals surface area contributed by atoms with Crippen LogP contribution in [0.2, 0.25) is 0 Å². The van der Waals surface area contributed by atoms with E-state index in [9.17, 15) is 10.2 Å². The highest BCUT2D eigenvalue weighted by Crippen LogP contribution is 2.22. The van der Waals surface area contributed by atoms with Crippen LogP contribution in [0.15, 0.2) is 115 Å². The Hall–Kier alpha value is -3.48. The van der Waals surface area contributed by atoms with Crippen LogP contribution in [0.25, 0.3) is 0 Å². The molecule has 3 atom stereocenters. The minimum atomic E-state index is -0.641. The van der Waals surface area contributed by atoms with Crippen molar-refractivity contribution in [2.24, 2.45) is 0 Å². The third kappa shape index (κ3) is 9.61. The van der Waals surface area contributed by atoms with E-state index in [0.717, 1.165) is 29.7 Å². The van der Waals surface area contributed by atoms with Gasteiger partial charge in [-0.15, -0.1) is 0 Å². The van der Waals surface area contributed by atoms with Crippen molar-refractivity contribution in [3.05, 3.63) is 138 Å². The second-order valence-electron chi connectivity index (χ2n) is 10.2. The van der Waals surface area contributed by atoms with Gasteiger partial charge in [-0.05, 0) is 54.2 Å². The highest BCUT2D eigenvalue weighted by Gasteiger charge is 2.22. The molecule has 0 bridgehead atoms. The van der Waals surface area contributed by atoms with Gasteiger partial charge < -0.3 is 19.7 Å². The summed E-state index contributed by atoms with van der Waals surface area (Å²) in [4.78, 5) is 2.17. The van der Waals surface area contributed by atoms with Gasteiger partial charge in [0.25, 0.3) is 0 Å². The van der Waals surface area contributed by atoms with Crippen molar-refractivity contribution in [2.75, 3.05) is 32.9 Å². The van der Waals surface area contributed by atoms with Crippen LogP contribution in [0, 0.1) is 0 Å². The lowest BCUT2D eigenvalue weighted by Crippen LogP contribution is -2.40. The largest absolute Gasteiger partial charge is 0.491 e. The summed E-state index contributed by atoms with van der Waals surface area (Å²) in [6.07, 6.45) is 0.399. The molecule has 2 unspecified atom stereocenters. The standard InChI is InChI=1S/C35H41NO4/c1-28(25-30-17-19-33(20-18-30)40-24-23-39-22-21-29-11-5-2-6-12-29)36(26-34(37)31-13-7-3-8-14-31)27-35(38)32-15-9-4-10-16-32/h2-20,28,34-35,37-38H,21-27H2,1H3/t28-,34?,35?/m1/s1. The van der Waals surface area contributed by atoms with Gasteiger partial charge in [0.2, 0.25) is 0 Å². The van der Waals surface area contributed by atoms with Gasteiger partial charge in [-0.1, -0.05) is 103 Å². The van der Waals surface area contributed by atoms with E-state index in [-0.39, 0.29) is 6.04 Å². The smallest absolute Gasteiger partial charge is 0.119 e. The van der Waals surface area contributed by atoms with Crippen LogP contribution in [0.5, 0.6) is 5.75 Å². The molecule has 0 fully saturated rings. The van der Waals surface area contributed by atoms with Crippen molar-refractivity contribution in [3.8, 4) is 5.75 Å². The minimum absolute atomic E-state index is 0.0986. The number of hydrogen-bond donors (Lipinski definition) is 2. The van der Waals surface area contributed by atoms with Crippen molar-refractivity contribution in [1.29, 1.82) is 0 Å². The Labute approximate surface area is 238 Å². The third-order valence-corrected chi connectivity index (χ3v) is 7.14. The van der Waals surface area contributed by atoms with E-state index >= 15 is 0 Å². The molecule has 4 rings (SSSR count). The van der Waals surface area contributed by atoms with Gasteiger partial charge >= 0.3 is 0 Å². The van der Waals surface area contributed by atoms with E-state index in [1.165, 1.54) is 11.1 Å². The first-order chi connectivity index (χ1) is 19.6. The van der Waals surface area contributed by atoms with E-state index in [4.69, 9.17) is 9.47 Å². The Morgan fingerprint density at radius 1 is 0.600 bits per heavy atom. The molecule has 0 saturated heterocycles. The Bertz CT molecular complexity index is 1170. The van der Waals surface area contributed by atoms with Crippen LogP contribution >= 0.6 is 0 Å².